The topological polar surface area (TPSA) is 12.0 Å². The molecule has 0 spiro atoms. The standard InChI is InChI=1S/C14H23NS/c1-4-14(5-2,16-3)12-15-11-13-9-7-6-8-10-13/h6-10,15H,4-5,11-12H2,1-3H3. The Bertz CT molecular complexity index is 272. The number of hydrogen-bond acceptors (Lipinski definition) is 2. The van der Waals surface area contributed by atoms with Gasteiger partial charge in [-0.25, -0.2) is 0 Å². The van der Waals surface area contributed by atoms with Gasteiger partial charge in [-0.05, 0) is 24.7 Å². The molecular formula is C14H23NS. The van der Waals surface area contributed by atoms with E-state index in [1.165, 1.54) is 18.4 Å². The van der Waals surface area contributed by atoms with Crippen molar-refractivity contribution in [1.82, 2.24) is 5.32 Å². The molecule has 0 atom stereocenters. The van der Waals surface area contributed by atoms with Crippen LogP contribution in [0.25, 0.3) is 0 Å². The summed E-state index contributed by atoms with van der Waals surface area (Å²) in [6.07, 6.45) is 4.68. The molecule has 0 aromatic heterocycles. The van der Waals surface area contributed by atoms with Crippen LogP contribution in [-0.4, -0.2) is 17.5 Å². The summed E-state index contributed by atoms with van der Waals surface area (Å²) < 4.78 is 0.411. The summed E-state index contributed by atoms with van der Waals surface area (Å²) in [4.78, 5) is 0. The van der Waals surface area contributed by atoms with Crippen molar-refractivity contribution in [2.75, 3.05) is 12.8 Å². The second kappa shape index (κ2) is 6.97. The third-order valence-electron chi connectivity index (χ3n) is 3.34. The highest BCUT2D eigenvalue weighted by molar-refractivity contribution is 8.00. The quantitative estimate of drug-likeness (QED) is 0.776. The number of hydrogen-bond donors (Lipinski definition) is 1. The second-order valence-corrected chi connectivity index (χ2v) is 5.46. The Balaban J connectivity index is 2.39. The number of nitrogens with one attached hydrogen (secondary N) is 1. The van der Waals surface area contributed by atoms with Crippen LogP contribution in [0.3, 0.4) is 0 Å². The fourth-order valence-electron chi connectivity index (χ4n) is 1.89. The monoisotopic (exact) mass is 237 g/mol. The molecule has 16 heavy (non-hydrogen) atoms. The summed E-state index contributed by atoms with van der Waals surface area (Å²) in [5.41, 5.74) is 1.37. The molecule has 0 aliphatic rings. The predicted octanol–water partition coefficient (Wildman–Crippen LogP) is 3.70. The van der Waals surface area contributed by atoms with Gasteiger partial charge in [0.25, 0.3) is 0 Å². The smallest absolute Gasteiger partial charge is 0.0276 e. The molecule has 0 saturated carbocycles. The minimum Gasteiger partial charge on any atom is -0.311 e. The zero-order valence-electron chi connectivity index (χ0n) is 10.6. The van der Waals surface area contributed by atoms with E-state index in [1.807, 2.05) is 11.8 Å². The van der Waals surface area contributed by atoms with Gasteiger partial charge in [0.1, 0.15) is 0 Å². The van der Waals surface area contributed by atoms with Crippen LogP contribution < -0.4 is 5.32 Å². The third-order valence-corrected chi connectivity index (χ3v) is 4.93. The van der Waals surface area contributed by atoms with Gasteiger partial charge in [0.15, 0.2) is 0 Å². The molecule has 0 saturated heterocycles. The lowest BCUT2D eigenvalue weighted by atomic mass is 10.0. The molecule has 2 heteroatoms. The third kappa shape index (κ3) is 3.84. The lowest BCUT2D eigenvalue weighted by Crippen LogP contribution is -2.36. The lowest BCUT2D eigenvalue weighted by Gasteiger charge is -2.30. The molecule has 0 heterocycles. The first-order valence-electron chi connectivity index (χ1n) is 6.06. The zero-order valence-corrected chi connectivity index (χ0v) is 11.4. The largest absolute Gasteiger partial charge is 0.311 e. The maximum Gasteiger partial charge on any atom is 0.0276 e. The van der Waals surface area contributed by atoms with Crippen LogP contribution in [0.15, 0.2) is 30.3 Å². The Morgan fingerprint density at radius 1 is 1.12 bits per heavy atom. The Morgan fingerprint density at radius 2 is 1.75 bits per heavy atom. The van der Waals surface area contributed by atoms with Crippen molar-refractivity contribution in [2.24, 2.45) is 0 Å². The van der Waals surface area contributed by atoms with Crippen LogP contribution in [0.4, 0.5) is 0 Å². The molecule has 0 unspecified atom stereocenters. The van der Waals surface area contributed by atoms with Crippen LogP contribution in [0.1, 0.15) is 32.3 Å². The molecule has 1 aromatic rings. The van der Waals surface area contributed by atoms with E-state index in [9.17, 15) is 0 Å². The highest BCUT2D eigenvalue weighted by Gasteiger charge is 2.23. The van der Waals surface area contributed by atoms with Crippen LogP contribution in [0, 0.1) is 0 Å². The van der Waals surface area contributed by atoms with E-state index in [2.05, 4.69) is 55.8 Å². The van der Waals surface area contributed by atoms with Crippen LogP contribution in [0.2, 0.25) is 0 Å². The van der Waals surface area contributed by atoms with Crippen LogP contribution in [-0.2, 0) is 6.54 Å². The Hall–Kier alpha value is -0.470. The molecule has 0 bridgehead atoms. The molecule has 1 aromatic carbocycles. The Morgan fingerprint density at radius 3 is 2.25 bits per heavy atom. The first-order chi connectivity index (χ1) is 7.76. The van der Waals surface area contributed by atoms with Crippen molar-refractivity contribution in [1.29, 1.82) is 0 Å². The molecule has 1 rings (SSSR count). The van der Waals surface area contributed by atoms with Gasteiger partial charge in [-0.15, -0.1) is 0 Å². The van der Waals surface area contributed by atoms with Crippen molar-refractivity contribution in [2.45, 2.75) is 38.0 Å². The molecule has 0 radical (unpaired) electrons. The number of rotatable bonds is 7. The van der Waals surface area contributed by atoms with E-state index in [0.29, 0.717) is 4.75 Å². The van der Waals surface area contributed by atoms with E-state index in [-0.39, 0.29) is 0 Å². The van der Waals surface area contributed by atoms with Gasteiger partial charge in [0, 0.05) is 17.8 Å². The van der Waals surface area contributed by atoms with Gasteiger partial charge in [-0.3, -0.25) is 0 Å². The predicted molar refractivity (Wildman–Crippen MR) is 75.0 cm³/mol. The van der Waals surface area contributed by atoms with Gasteiger partial charge in [-0.1, -0.05) is 44.2 Å². The Kier molecular flexibility index (Phi) is 5.93. The van der Waals surface area contributed by atoms with Gasteiger partial charge in [0.05, 0.1) is 0 Å². The molecule has 1 nitrogen and oxygen atoms in total. The van der Waals surface area contributed by atoms with Gasteiger partial charge in [-0.2, -0.15) is 11.8 Å². The van der Waals surface area contributed by atoms with E-state index in [1.54, 1.807) is 0 Å². The van der Waals surface area contributed by atoms with Crippen molar-refractivity contribution < 1.29 is 0 Å². The van der Waals surface area contributed by atoms with Gasteiger partial charge >= 0.3 is 0 Å². The molecular weight excluding hydrogens is 214 g/mol. The molecule has 90 valence electrons. The first kappa shape index (κ1) is 13.6. The SMILES string of the molecule is CCC(CC)(CNCc1ccccc1)SC. The molecule has 0 amide bonds. The van der Waals surface area contributed by atoms with E-state index in [0.717, 1.165) is 13.1 Å². The van der Waals surface area contributed by atoms with Crippen molar-refractivity contribution in [3.05, 3.63) is 35.9 Å². The van der Waals surface area contributed by atoms with Crippen molar-refractivity contribution >= 4 is 11.8 Å². The average Bonchev–Trinajstić information content (AvgIpc) is 2.37. The molecule has 1 N–H and O–H groups in total. The van der Waals surface area contributed by atoms with Crippen molar-refractivity contribution in [3.8, 4) is 0 Å². The van der Waals surface area contributed by atoms with Crippen molar-refractivity contribution in [3.63, 3.8) is 0 Å². The number of benzene rings is 1. The van der Waals surface area contributed by atoms with Gasteiger partial charge < -0.3 is 5.32 Å². The normalized spacial score (nSPS) is 11.7. The molecule has 0 aliphatic carbocycles. The Labute approximate surface area is 104 Å². The van der Waals surface area contributed by atoms with E-state index < -0.39 is 0 Å². The van der Waals surface area contributed by atoms with E-state index in [4.69, 9.17) is 0 Å². The highest BCUT2D eigenvalue weighted by Crippen LogP contribution is 2.29. The minimum atomic E-state index is 0.411. The summed E-state index contributed by atoms with van der Waals surface area (Å²) in [6.45, 7) is 6.63. The maximum atomic E-state index is 3.57. The first-order valence-corrected chi connectivity index (χ1v) is 7.28. The average molecular weight is 237 g/mol. The fourth-order valence-corrected chi connectivity index (χ4v) is 2.72. The summed E-state index contributed by atoms with van der Waals surface area (Å²) in [7, 11) is 0. The molecule has 0 aliphatic heterocycles. The molecule has 0 fully saturated rings. The van der Waals surface area contributed by atoms with Gasteiger partial charge in [0.2, 0.25) is 0 Å². The lowest BCUT2D eigenvalue weighted by molar-refractivity contribution is 0.495. The zero-order chi connectivity index (χ0) is 11.9. The summed E-state index contributed by atoms with van der Waals surface area (Å²) in [5, 5.41) is 3.57. The fraction of sp³-hybridized carbons (Fsp3) is 0.571. The summed E-state index contributed by atoms with van der Waals surface area (Å²) in [6, 6.07) is 10.6. The number of thioether (sulfide) groups is 1. The summed E-state index contributed by atoms with van der Waals surface area (Å²) >= 11 is 1.99. The highest BCUT2D eigenvalue weighted by atomic mass is 32.2. The van der Waals surface area contributed by atoms with Crippen LogP contribution >= 0.6 is 11.8 Å². The maximum absolute atomic E-state index is 3.57. The minimum absolute atomic E-state index is 0.411. The second-order valence-electron chi connectivity index (χ2n) is 4.18. The summed E-state index contributed by atoms with van der Waals surface area (Å²) in [5.74, 6) is 0. The van der Waals surface area contributed by atoms with E-state index >= 15 is 0 Å². The van der Waals surface area contributed by atoms with Crippen LogP contribution in [0.5, 0.6) is 0 Å².